The Labute approximate surface area is 116 Å². The average Bonchev–Trinajstić information content (AvgIpc) is 2.43. The SMILES string of the molecule is CNCc1ccc(Oc2ccc(F)cc2C(N)=O)cc1. The Hall–Kier alpha value is -2.40. The number of hydrogen-bond acceptors (Lipinski definition) is 3. The van der Waals surface area contributed by atoms with E-state index in [4.69, 9.17) is 10.5 Å². The van der Waals surface area contributed by atoms with Crippen molar-refractivity contribution in [3.05, 3.63) is 59.4 Å². The molecule has 0 atom stereocenters. The van der Waals surface area contributed by atoms with E-state index in [1.807, 2.05) is 19.2 Å². The smallest absolute Gasteiger partial charge is 0.252 e. The molecule has 1 amide bonds. The minimum absolute atomic E-state index is 0.0179. The van der Waals surface area contributed by atoms with Gasteiger partial charge in [-0.15, -0.1) is 0 Å². The van der Waals surface area contributed by atoms with E-state index in [-0.39, 0.29) is 11.3 Å². The van der Waals surface area contributed by atoms with E-state index in [0.29, 0.717) is 5.75 Å². The fourth-order valence-corrected chi connectivity index (χ4v) is 1.79. The molecule has 2 rings (SSSR count). The van der Waals surface area contributed by atoms with Crippen molar-refractivity contribution in [1.29, 1.82) is 0 Å². The summed E-state index contributed by atoms with van der Waals surface area (Å²) in [5.41, 5.74) is 6.33. The van der Waals surface area contributed by atoms with Crippen molar-refractivity contribution in [2.45, 2.75) is 6.54 Å². The van der Waals surface area contributed by atoms with Crippen molar-refractivity contribution in [1.82, 2.24) is 5.32 Å². The zero-order valence-electron chi connectivity index (χ0n) is 11.0. The van der Waals surface area contributed by atoms with Gasteiger partial charge in [-0.2, -0.15) is 0 Å². The lowest BCUT2D eigenvalue weighted by molar-refractivity contribution is 0.0997. The number of rotatable bonds is 5. The first-order chi connectivity index (χ1) is 9.60. The average molecular weight is 274 g/mol. The Bertz CT molecular complexity index is 612. The summed E-state index contributed by atoms with van der Waals surface area (Å²) in [6.45, 7) is 0.753. The summed E-state index contributed by atoms with van der Waals surface area (Å²) in [4.78, 5) is 11.3. The molecule has 3 N–H and O–H groups in total. The quantitative estimate of drug-likeness (QED) is 0.880. The second kappa shape index (κ2) is 6.16. The molecule has 0 unspecified atom stereocenters. The van der Waals surface area contributed by atoms with Gasteiger partial charge in [0, 0.05) is 6.54 Å². The molecule has 2 aromatic rings. The van der Waals surface area contributed by atoms with Crippen LogP contribution in [0.3, 0.4) is 0 Å². The fraction of sp³-hybridized carbons (Fsp3) is 0.133. The lowest BCUT2D eigenvalue weighted by Gasteiger charge is -2.10. The maximum atomic E-state index is 13.1. The van der Waals surface area contributed by atoms with Crippen LogP contribution in [0.5, 0.6) is 11.5 Å². The Morgan fingerprint density at radius 2 is 1.95 bits per heavy atom. The molecule has 2 aromatic carbocycles. The van der Waals surface area contributed by atoms with Gasteiger partial charge in [0.1, 0.15) is 17.3 Å². The predicted molar refractivity (Wildman–Crippen MR) is 74.2 cm³/mol. The summed E-state index contributed by atoms with van der Waals surface area (Å²) in [7, 11) is 1.86. The molecule has 4 nitrogen and oxygen atoms in total. The Morgan fingerprint density at radius 3 is 2.55 bits per heavy atom. The van der Waals surface area contributed by atoms with Crippen LogP contribution in [0, 0.1) is 5.82 Å². The minimum Gasteiger partial charge on any atom is -0.457 e. The topological polar surface area (TPSA) is 64.3 Å². The summed E-state index contributed by atoms with van der Waals surface area (Å²) in [6, 6.07) is 11.0. The number of benzene rings is 2. The van der Waals surface area contributed by atoms with Crippen molar-refractivity contribution in [2.24, 2.45) is 5.73 Å². The molecular weight excluding hydrogens is 259 g/mol. The number of carbonyl (C=O) groups excluding carboxylic acids is 1. The molecule has 5 heteroatoms. The van der Waals surface area contributed by atoms with Gasteiger partial charge in [-0.1, -0.05) is 12.1 Å². The first kappa shape index (κ1) is 14.0. The van der Waals surface area contributed by atoms with E-state index < -0.39 is 11.7 Å². The molecule has 0 spiro atoms. The first-order valence-electron chi connectivity index (χ1n) is 6.11. The highest BCUT2D eigenvalue weighted by Crippen LogP contribution is 2.26. The second-order valence-electron chi connectivity index (χ2n) is 4.28. The number of nitrogens with one attached hydrogen (secondary N) is 1. The zero-order chi connectivity index (χ0) is 14.5. The van der Waals surface area contributed by atoms with E-state index in [2.05, 4.69) is 5.32 Å². The molecule has 0 aromatic heterocycles. The van der Waals surface area contributed by atoms with Gasteiger partial charge in [-0.3, -0.25) is 4.79 Å². The van der Waals surface area contributed by atoms with Gasteiger partial charge < -0.3 is 15.8 Å². The van der Waals surface area contributed by atoms with Gasteiger partial charge >= 0.3 is 0 Å². The van der Waals surface area contributed by atoms with Gasteiger partial charge in [0.15, 0.2) is 0 Å². The highest BCUT2D eigenvalue weighted by Gasteiger charge is 2.11. The summed E-state index contributed by atoms with van der Waals surface area (Å²) < 4.78 is 18.7. The van der Waals surface area contributed by atoms with E-state index in [0.717, 1.165) is 18.2 Å². The van der Waals surface area contributed by atoms with Crippen LogP contribution in [0.1, 0.15) is 15.9 Å². The lowest BCUT2D eigenvalue weighted by Crippen LogP contribution is -2.12. The largest absolute Gasteiger partial charge is 0.457 e. The zero-order valence-corrected chi connectivity index (χ0v) is 11.0. The second-order valence-corrected chi connectivity index (χ2v) is 4.28. The van der Waals surface area contributed by atoms with Gasteiger partial charge in [0.25, 0.3) is 5.91 Å². The number of halogens is 1. The van der Waals surface area contributed by atoms with Crippen molar-refractivity contribution < 1.29 is 13.9 Å². The third kappa shape index (κ3) is 3.33. The van der Waals surface area contributed by atoms with Gasteiger partial charge in [0.05, 0.1) is 5.56 Å². The van der Waals surface area contributed by atoms with Gasteiger partial charge in [-0.25, -0.2) is 4.39 Å². The van der Waals surface area contributed by atoms with Crippen molar-refractivity contribution in [3.8, 4) is 11.5 Å². The number of hydrogen-bond donors (Lipinski definition) is 2. The molecule has 0 aliphatic rings. The van der Waals surface area contributed by atoms with Crippen molar-refractivity contribution in [3.63, 3.8) is 0 Å². The van der Waals surface area contributed by atoms with E-state index >= 15 is 0 Å². The van der Waals surface area contributed by atoms with E-state index in [9.17, 15) is 9.18 Å². The molecular formula is C15H15FN2O2. The van der Waals surface area contributed by atoms with Gasteiger partial charge in [0.2, 0.25) is 0 Å². The van der Waals surface area contributed by atoms with Crippen LogP contribution in [0.2, 0.25) is 0 Å². The molecule has 104 valence electrons. The molecule has 0 aliphatic heterocycles. The number of nitrogens with two attached hydrogens (primary N) is 1. The lowest BCUT2D eigenvalue weighted by atomic mass is 10.2. The number of carbonyl (C=O) groups is 1. The summed E-state index contributed by atoms with van der Waals surface area (Å²) >= 11 is 0. The third-order valence-electron chi connectivity index (χ3n) is 2.74. The molecule has 0 radical (unpaired) electrons. The summed E-state index contributed by atoms with van der Waals surface area (Å²) in [5.74, 6) is -0.471. The molecule has 20 heavy (non-hydrogen) atoms. The Morgan fingerprint density at radius 1 is 1.25 bits per heavy atom. The molecule has 0 heterocycles. The summed E-state index contributed by atoms with van der Waals surface area (Å²) in [6.07, 6.45) is 0. The molecule has 0 saturated heterocycles. The predicted octanol–water partition coefficient (Wildman–Crippen LogP) is 2.44. The van der Waals surface area contributed by atoms with Crippen LogP contribution >= 0.6 is 0 Å². The molecule has 0 aliphatic carbocycles. The molecule has 0 saturated carbocycles. The van der Waals surface area contributed by atoms with Crippen LogP contribution in [0.4, 0.5) is 4.39 Å². The van der Waals surface area contributed by atoms with Crippen molar-refractivity contribution in [2.75, 3.05) is 7.05 Å². The standard InChI is InChI=1S/C15H15FN2O2/c1-18-9-10-2-5-12(6-3-10)20-14-7-4-11(16)8-13(14)15(17)19/h2-8,18H,9H2,1H3,(H2,17,19). The number of ether oxygens (including phenoxy) is 1. The maximum absolute atomic E-state index is 13.1. The van der Waals surface area contributed by atoms with Crippen LogP contribution in [0.15, 0.2) is 42.5 Å². The van der Waals surface area contributed by atoms with Gasteiger partial charge in [-0.05, 0) is 42.9 Å². The van der Waals surface area contributed by atoms with Crippen molar-refractivity contribution >= 4 is 5.91 Å². The first-order valence-corrected chi connectivity index (χ1v) is 6.11. The number of amides is 1. The molecule has 0 bridgehead atoms. The Balaban J connectivity index is 2.23. The van der Waals surface area contributed by atoms with Crippen LogP contribution < -0.4 is 15.8 Å². The monoisotopic (exact) mass is 274 g/mol. The highest BCUT2D eigenvalue weighted by molar-refractivity contribution is 5.95. The third-order valence-corrected chi connectivity index (χ3v) is 2.74. The maximum Gasteiger partial charge on any atom is 0.252 e. The van der Waals surface area contributed by atoms with Crippen LogP contribution in [-0.2, 0) is 6.54 Å². The summed E-state index contributed by atoms with van der Waals surface area (Å²) in [5, 5.41) is 3.04. The van der Waals surface area contributed by atoms with E-state index in [1.54, 1.807) is 12.1 Å². The highest BCUT2D eigenvalue weighted by atomic mass is 19.1. The Kier molecular flexibility index (Phi) is 4.32. The van der Waals surface area contributed by atoms with Crippen LogP contribution in [0.25, 0.3) is 0 Å². The molecule has 0 fully saturated rings. The van der Waals surface area contributed by atoms with E-state index in [1.165, 1.54) is 12.1 Å². The fourth-order valence-electron chi connectivity index (χ4n) is 1.79. The number of primary amides is 1. The van der Waals surface area contributed by atoms with Crippen LogP contribution in [-0.4, -0.2) is 13.0 Å². The minimum atomic E-state index is -0.730. The normalized spacial score (nSPS) is 10.3.